The minimum absolute atomic E-state index is 0.0959. The third-order valence-corrected chi connectivity index (χ3v) is 5.94. The molecular weight excluding hydrogens is 403 g/mol. The lowest BCUT2D eigenvalue weighted by Crippen LogP contribution is -2.50. The first kappa shape index (κ1) is 22.3. The third kappa shape index (κ3) is 6.05. The molecule has 30 heavy (non-hydrogen) atoms. The van der Waals surface area contributed by atoms with E-state index in [2.05, 4.69) is 5.32 Å². The molecule has 0 aliphatic heterocycles. The van der Waals surface area contributed by atoms with Crippen LogP contribution >= 0.6 is 11.6 Å². The Morgan fingerprint density at radius 1 is 1.10 bits per heavy atom. The predicted molar refractivity (Wildman–Crippen MR) is 117 cm³/mol. The number of halogens is 2. The monoisotopic (exact) mass is 430 g/mol. The van der Waals surface area contributed by atoms with Gasteiger partial charge in [0.2, 0.25) is 11.8 Å². The molecule has 6 heteroatoms. The molecule has 1 N–H and O–H groups in total. The van der Waals surface area contributed by atoms with Crippen LogP contribution in [-0.2, 0) is 22.6 Å². The van der Waals surface area contributed by atoms with E-state index in [9.17, 15) is 14.0 Å². The van der Waals surface area contributed by atoms with Crippen LogP contribution in [0.15, 0.2) is 48.5 Å². The van der Waals surface area contributed by atoms with Crippen molar-refractivity contribution in [1.29, 1.82) is 0 Å². The number of nitrogens with zero attached hydrogens (tertiary/aromatic N) is 1. The molecule has 0 bridgehead atoms. The summed E-state index contributed by atoms with van der Waals surface area (Å²) in [6, 6.07) is 12.9. The molecular formula is C24H28ClFN2O2. The molecule has 1 aliphatic rings. The zero-order valence-electron chi connectivity index (χ0n) is 17.2. The summed E-state index contributed by atoms with van der Waals surface area (Å²) in [5, 5.41) is 3.70. The summed E-state index contributed by atoms with van der Waals surface area (Å²) >= 11 is 5.97. The standard InChI is InChI=1S/C24H28ClFN2O2/c1-17(24(30)27-21-8-3-2-4-9-21)28(16-18-11-13-20(25)14-12-18)23(29)15-19-7-5-6-10-22(19)26/h5-7,10-14,17,21H,2-4,8-9,15-16H2,1H3,(H,27,30). The van der Waals surface area contributed by atoms with Crippen LogP contribution in [0.4, 0.5) is 4.39 Å². The topological polar surface area (TPSA) is 49.4 Å². The van der Waals surface area contributed by atoms with Gasteiger partial charge in [-0.2, -0.15) is 0 Å². The van der Waals surface area contributed by atoms with Crippen LogP contribution in [0.5, 0.6) is 0 Å². The highest BCUT2D eigenvalue weighted by molar-refractivity contribution is 6.30. The lowest BCUT2D eigenvalue weighted by molar-refractivity contribution is -0.140. The Hall–Kier alpha value is -2.40. The Kier molecular flexibility index (Phi) is 7.86. The van der Waals surface area contributed by atoms with Gasteiger partial charge in [0.15, 0.2) is 0 Å². The molecule has 1 fully saturated rings. The van der Waals surface area contributed by atoms with Gasteiger partial charge in [-0.3, -0.25) is 9.59 Å². The van der Waals surface area contributed by atoms with Gasteiger partial charge >= 0.3 is 0 Å². The number of hydrogen-bond donors (Lipinski definition) is 1. The van der Waals surface area contributed by atoms with Gasteiger partial charge in [-0.25, -0.2) is 4.39 Å². The highest BCUT2D eigenvalue weighted by Gasteiger charge is 2.28. The zero-order valence-corrected chi connectivity index (χ0v) is 18.0. The molecule has 1 saturated carbocycles. The lowest BCUT2D eigenvalue weighted by Gasteiger charge is -2.31. The van der Waals surface area contributed by atoms with Crippen molar-refractivity contribution in [3.05, 3.63) is 70.5 Å². The fourth-order valence-corrected chi connectivity index (χ4v) is 3.97. The number of rotatable bonds is 7. The van der Waals surface area contributed by atoms with E-state index < -0.39 is 11.9 Å². The van der Waals surface area contributed by atoms with Crippen LogP contribution in [0.25, 0.3) is 0 Å². The summed E-state index contributed by atoms with van der Waals surface area (Å²) in [6.07, 6.45) is 5.27. The van der Waals surface area contributed by atoms with Crippen LogP contribution in [-0.4, -0.2) is 28.8 Å². The maximum atomic E-state index is 14.1. The van der Waals surface area contributed by atoms with Gasteiger partial charge in [0.05, 0.1) is 6.42 Å². The van der Waals surface area contributed by atoms with Crippen molar-refractivity contribution in [3.63, 3.8) is 0 Å². The predicted octanol–water partition coefficient (Wildman–Crippen LogP) is 4.89. The van der Waals surface area contributed by atoms with Gasteiger partial charge < -0.3 is 10.2 Å². The molecule has 0 spiro atoms. The quantitative estimate of drug-likeness (QED) is 0.680. The number of amides is 2. The van der Waals surface area contributed by atoms with E-state index in [-0.39, 0.29) is 30.8 Å². The highest BCUT2D eigenvalue weighted by atomic mass is 35.5. The molecule has 0 heterocycles. The fourth-order valence-electron chi connectivity index (χ4n) is 3.84. The van der Waals surface area contributed by atoms with Crippen molar-refractivity contribution < 1.29 is 14.0 Å². The number of carbonyl (C=O) groups excluding carboxylic acids is 2. The zero-order chi connectivity index (χ0) is 21.5. The second-order valence-corrected chi connectivity index (χ2v) is 8.37. The molecule has 0 radical (unpaired) electrons. The summed E-state index contributed by atoms with van der Waals surface area (Å²) in [5.74, 6) is -0.879. The summed E-state index contributed by atoms with van der Waals surface area (Å²) < 4.78 is 14.1. The normalized spacial score (nSPS) is 15.4. The highest BCUT2D eigenvalue weighted by Crippen LogP contribution is 2.19. The largest absolute Gasteiger partial charge is 0.352 e. The lowest BCUT2D eigenvalue weighted by atomic mass is 9.95. The van der Waals surface area contributed by atoms with Gasteiger partial charge in [-0.1, -0.05) is 61.2 Å². The van der Waals surface area contributed by atoms with Gasteiger partial charge in [-0.15, -0.1) is 0 Å². The van der Waals surface area contributed by atoms with E-state index >= 15 is 0 Å². The summed E-state index contributed by atoms with van der Waals surface area (Å²) in [5.41, 5.74) is 1.18. The van der Waals surface area contributed by atoms with Crippen molar-refractivity contribution in [2.24, 2.45) is 0 Å². The number of hydrogen-bond acceptors (Lipinski definition) is 2. The maximum Gasteiger partial charge on any atom is 0.242 e. The molecule has 2 aromatic rings. The minimum Gasteiger partial charge on any atom is -0.352 e. The molecule has 4 nitrogen and oxygen atoms in total. The summed E-state index contributed by atoms with van der Waals surface area (Å²) in [7, 11) is 0. The van der Waals surface area contributed by atoms with E-state index in [1.54, 1.807) is 37.3 Å². The number of nitrogens with one attached hydrogen (secondary N) is 1. The van der Waals surface area contributed by atoms with Gasteiger partial charge in [0, 0.05) is 17.6 Å². The Bertz CT molecular complexity index is 866. The first-order valence-corrected chi connectivity index (χ1v) is 10.9. The summed E-state index contributed by atoms with van der Waals surface area (Å²) in [6.45, 7) is 1.98. The Balaban J connectivity index is 1.76. The number of carbonyl (C=O) groups is 2. The Labute approximate surface area is 182 Å². The van der Waals surface area contributed by atoms with E-state index in [4.69, 9.17) is 11.6 Å². The average molecular weight is 431 g/mol. The molecule has 2 aromatic carbocycles. The van der Waals surface area contributed by atoms with Crippen LogP contribution < -0.4 is 5.32 Å². The molecule has 1 atom stereocenters. The van der Waals surface area contributed by atoms with Crippen molar-refractivity contribution >= 4 is 23.4 Å². The molecule has 2 amide bonds. The van der Waals surface area contributed by atoms with Crippen LogP contribution in [0.3, 0.4) is 0 Å². The molecule has 3 rings (SSSR count). The van der Waals surface area contributed by atoms with E-state index in [0.717, 1.165) is 31.2 Å². The smallest absolute Gasteiger partial charge is 0.242 e. The first-order chi connectivity index (χ1) is 14.4. The second kappa shape index (κ2) is 10.6. The Morgan fingerprint density at radius 3 is 2.43 bits per heavy atom. The Morgan fingerprint density at radius 2 is 1.77 bits per heavy atom. The average Bonchev–Trinajstić information content (AvgIpc) is 2.75. The minimum atomic E-state index is -0.665. The van der Waals surface area contributed by atoms with E-state index in [1.807, 2.05) is 12.1 Å². The van der Waals surface area contributed by atoms with Gasteiger partial charge in [0.25, 0.3) is 0 Å². The second-order valence-electron chi connectivity index (χ2n) is 7.94. The fraction of sp³-hybridized carbons (Fsp3) is 0.417. The van der Waals surface area contributed by atoms with E-state index in [1.165, 1.54) is 17.4 Å². The summed E-state index contributed by atoms with van der Waals surface area (Å²) in [4.78, 5) is 27.6. The van der Waals surface area contributed by atoms with Gasteiger partial charge in [0.1, 0.15) is 11.9 Å². The van der Waals surface area contributed by atoms with Crippen molar-refractivity contribution in [2.75, 3.05) is 0 Å². The van der Waals surface area contributed by atoms with Crippen LogP contribution in [0.1, 0.15) is 50.2 Å². The SMILES string of the molecule is CC(C(=O)NC1CCCCC1)N(Cc1ccc(Cl)cc1)C(=O)Cc1ccccc1F. The maximum absolute atomic E-state index is 14.1. The molecule has 0 aromatic heterocycles. The van der Waals surface area contributed by atoms with E-state index in [0.29, 0.717) is 10.6 Å². The molecule has 1 unspecified atom stereocenters. The molecule has 1 aliphatic carbocycles. The molecule has 160 valence electrons. The third-order valence-electron chi connectivity index (χ3n) is 5.68. The number of benzene rings is 2. The van der Waals surface area contributed by atoms with Crippen molar-refractivity contribution in [2.45, 2.75) is 64.1 Å². The van der Waals surface area contributed by atoms with Gasteiger partial charge in [-0.05, 0) is 49.1 Å². The van der Waals surface area contributed by atoms with Crippen molar-refractivity contribution in [3.8, 4) is 0 Å². The molecule has 0 saturated heterocycles. The van der Waals surface area contributed by atoms with Crippen LogP contribution in [0, 0.1) is 5.82 Å². The first-order valence-electron chi connectivity index (χ1n) is 10.5. The van der Waals surface area contributed by atoms with Crippen LogP contribution in [0.2, 0.25) is 5.02 Å². The van der Waals surface area contributed by atoms with Crippen molar-refractivity contribution in [1.82, 2.24) is 10.2 Å².